The van der Waals surface area contributed by atoms with Crippen molar-refractivity contribution in [1.82, 2.24) is 14.4 Å². The Hall–Kier alpha value is -2.76. The first kappa shape index (κ1) is 18.0. The summed E-state index contributed by atoms with van der Waals surface area (Å²) in [6.45, 7) is 2.48. The van der Waals surface area contributed by atoms with Crippen molar-refractivity contribution in [3.8, 4) is 0 Å². The van der Waals surface area contributed by atoms with Crippen molar-refractivity contribution in [3.05, 3.63) is 53.9 Å². The molecule has 1 aromatic carbocycles. The van der Waals surface area contributed by atoms with Gasteiger partial charge in [0.15, 0.2) is 0 Å². The monoisotopic (exact) mass is 354 g/mol. The molecule has 1 aliphatic heterocycles. The zero-order valence-electron chi connectivity index (χ0n) is 15.7. The first-order valence-electron chi connectivity index (χ1n) is 8.93. The minimum absolute atomic E-state index is 0.0318. The van der Waals surface area contributed by atoms with Crippen LogP contribution in [0.4, 0.5) is 5.69 Å². The molecular weight excluding hydrogens is 328 g/mol. The molecule has 1 aromatic heterocycles. The smallest absolute Gasteiger partial charge is 0.255 e. The minimum Gasteiger partial charge on any atom is -0.378 e. The van der Waals surface area contributed by atoms with Crippen LogP contribution in [0, 0.1) is 0 Å². The van der Waals surface area contributed by atoms with Crippen LogP contribution in [0.5, 0.6) is 0 Å². The topological polar surface area (TPSA) is 48.8 Å². The highest BCUT2D eigenvalue weighted by Crippen LogP contribution is 2.16. The predicted molar refractivity (Wildman–Crippen MR) is 103 cm³/mol. The highest BCUT2D eigenvalue weighted by Gasteiger charge is 2.23. The SMILES string of the molecule is CN(C)c1ccc(C(=O)N2CCCN(C(=O)c3ccn(C)c3)CC2)cc1. The van der Waals surface area contributed by atoms with Crippen molar-refractivity contribution in [2.24, 2.45) is 7.05 Å². The van der Waals surface area contributed by atoms with Gasteiger partial charge in [0.25, 0.3) is 11.8 Å². The van der Waals surface area contributed by atoms with E-state index in [9.17, 15) is 9.59 Å². The van der Waals surface area contributed by atoms with Gasteiger partial charge in [0.05, 0.1) is 5.56 Å². The van der Waals surface area contributed by atoms with Crippen LogP contribution in [0.1, 0.15) is 27.1 Å². The number of amides is 2. The molecule has 0 N–H and O–H groups in total. The molecule has 1 aliphatic rings. The first-order valence-corrected chi connectivity index (χ1v) is 8.93. The van der Waals surface area contributed by atoms with Gasteiger partial charge in [-0.15, -0.1) is 0 Å². The molecule has 0 aliphatic carbocycles. The molecule has 6 heteroatoms. The van der Waals surface area contributed by atoms with Gasteiger partial charge in [0, 0.05) is 71.0 Å². The van der Waals surface area contributed by atoms with Crippen molar-refractivity contribution < 1.29 is 9.59 Å². The number of carbonyl (C=O) groups excluding carboxylic acids is 2. The second kappa shape index (κ2) is 7.64. The van der Waals surface area contributed by atoms with Crippen LogP contribution in [0.3, 0.4) is 0 Å². The van der Waals surface area contributed by atoms with E-state index in [1.807, 2.05) is 83.1 Å². The van der Waals surface area contributed by atoms with Gasteiger partial charge < -0.3 is 19.3 Å². The van der Waals surface area contributed by atoms with Crippen LogP contribution < -0.4 is 4.90 Å². The summed E-state index contributed by atoms with van der Waals surface area (Å²) in [4.78, 5) is 31.1. The zero-order chi connectivity index (χ0) is 18.7. The average molecular weight is 354 g/mol. The Kier molecular flexibility index (Phi) is 5.30. The quantitative estimate of drug-likeness (QED) is 0.848. The maximum absolute atomic E-state index is 12.8. The Morgan fingerprint density at radius 2 is 1.42 bits per heavy atom. The van der Waals surface area contributed by atoms with Crippen molar-refractivity contribution in [2.45, 2.75) is 6.42 Å². The van der Waals surface area contributed by atoms with E-state index in [0.717, 1.165) is 12.1 Å². The molecule has 0 unspecified atom stereocenters. The summed E-state index contributed by atoms with van der Waals surface area (Å²) >= 11 is 0. The van der Waals surface area contributed by atoms with E-state index < -0.39 is 0 Å². The van der Waals surface area contributed by atoms with Crippen LogP contribution in [0.2, 0.25) is 0 Å². The van der Waals surface area contributed by atoms with E-state index >= 15 is 0 Å². The lowest BCUT2D eigenvalue weighted by molar-refractivity contribution is 0.0719. The number of nitrogens with zero attached hydrogens (tertiary/aromatic N) is 4. The third-order valence-electron chi connectivity index (χ3n) is 4.78. The van der Waals surface area contributed by atoms with Crippen molar-refractivity contribution >= 4 is 17.5 Å². The van der Waals surface area contributed by atoms with Gasteiger partial charge in [-0.3, -0.25) is 9.59 Å². The van der Waals surface area contributed by atoms with Gasteiger partial charge in [-0.1, -0.05) is 0 Å². The van der Waals surface area contributed by atoms with Gasteiger partial charge in [-0.25, -0.2) is 0 Å². The fourth-order valence-electron chi connectivity index (χ4n) is 3.22. The minimum atomic E-state index is 0.0318. The van der Waals surface area contributed by atoms with E-state index in [1.165, 1.54) is 0 Å². The van der Waals surface area contributed by atoms with E-state index in [-0.39, 0.29) is 11.8 Å². The van der Waals surface area contributed by atoms with Gasteiger partial charge in [-0.05, 0) is 36.8 Å². The standard InChI is InChI=1S/C20H26N4O2/c1-21(2)18-7-5-16(6-8-18)19(25)23-10-4-11-24(14-13-23)20(26)17-9-12-22(3)15-17/h5-9,12,15H,4,10-11,13-14H2,1-3H3. The normalized spacial score (nSPS) is 14.9. The largest absolute Gasteiger partial charge is 0.378 e. The van der Waals surface area contributed by atoms with Gasteiger partial charge in [-0.2, -0.15) is 0 Å². The Bertz CT molecular complexity index is 779. The van der Waals surface area contributed by atoms with Crippen LogP contribution in [-0.2, 0) is 7.05 Å². The summed E-state index contributed by atoms with van der Waals surface area (Å²) in [5.74, 6) is 0.0690. The predicted octanol–water partition coefficient (Wildman–Crippen LogP) is 2.08. The molecule has 3 rings (SSSR count). The number of rotatable bonds is 3. The number of aromatic nitrogens is 1. The number of hydrogen-bond acceptors (Lipinski definition) is 3. The van der Waals surface area contributed by atoms with Crippen LogP contribution >= 0.6 is 0 Å². The molecule has 0 atom stereocenters. The first-order chi connectivity index (χ1) is 12.5. The molecule has 1 fully saturated rings. The summed E-state index contributed by atoms with van der Waals surface area (Å²) in [5.41, 5.74) is 2.46. The van der Waals surface area contributed by atoms with E-state index in [2.05, 4.69) is 0 Å². The van der Waals surface area contributed by atoms with Gasteiger partial charge in [0.1, 0.15) is 0 Å². The Labute approximate surface area is 154 Å². The highest BCUT2D eigenvalue weighted by molar-refractivity contribution is 5.95. The molecule has 0 bridgehead atoms. The lowest BCUT2D eigenvalue weighted by atomic mass is 10.1. The average Bonchev–Trinajstić information content (AvgIpc) is 2.93. The molecule has 2 amide bonds. The van der Waals surface area contributed by atoms with Crippen molar-refractivity contribution in [2.75, 3.05) is 45.2 Å². The lowest BCUT2D eigenvalue weighted by Gasteiger charge is -2.22. The molecule has 0 saturated carbocycles. The second-order valence-electron chi connectivity index (χ2n) is 6.94. The fraction of sp³-hybridized carbons (Fsp3) is 0.400. The summed E-state index contributed by atoms with van der Waals surface area (Å²) in [6.07, 6.45) is 4.50. The highest BCUT2D eigenvalue weighted by atomic mass is 16.2. The van der Waals surface area contributed by atoms with Crippen LogP contribution in [-0.4, -0.2) is 66.5 Å². The van der Waals surface area contributed by atoms with Crippen LogP contribution in [0.25, 0.3) is 0 Å². The Balaban J connectivity index is 1.64. The van der Waals surface area contributed by atoms with Crippen LogP contribution in [0.15, 0.2) is 42.7 Å². The number of anilines is 1. The number of aryl methyl sites for hydroxylation is 1. The number of carbonyl (C=O) groups is 2. The molecule has 26 heavy (non-hydrogen) atoms. The molecule has 138 valence electrons. The molecule has 0 radical (unpaired) electrons. The molecule has 6 nitrogen and oxygen atoms in total. The molecule has 0 spiro atoms. The molecule has 2 aromatic rings. The Morgan fingerprint density at radius 1 is 0.846 bits per heavy atom. The Morgan fingerprint density at radius 3 is 1.92 bits per heavy atom. The van der Waals surface area contributed by atoms with E-state index in [0.29, 0.717) is 37.3 Å². The van der Waals surface area contributed by atoms with Gasteiger partial charge >= 0.3 is 0 Å². The van der Waals surface area contributed by atoms with E-state index in [4.69, 9.17) is 0 Å². The maximum Gasteiger partial charge on any atom is 0.255 e. The molecular formula is C20H26N4O2. The zero-order valence-corrected chi connectivity index (χ0v) is 15.7. The van der Waals surface area contributed by atoms with E-state index in [1.54, 1.807) is 0 Å². The summed E-state index contributed by atoms with van der Waals surface area (Å²) in [7, 11) is 5.86. The lowest BCUT2D eigenvalue weighted by Crippen LogP contribution is -2.37. The van der Waals surface area contributed by atoms with Gasteiger partial charge in [0.2, 0.25) is 0 Å². The number of hydrogen-bond donors (Lipinski definition) is 0. The third-order valence-corrected chi connectivity index (χ3v) is 4.78. The third kappa shape index (κ3) is 3.90. The summed E-state index contributed by atoms with van der Waals surface area (Å²) in [6, 6.07) is 9.49. The molecule has 2 heterocycles. The summed E-state index contributed by atoms with van der Waals surface area (Å²) in [5, 5.41) is 0. The van der Waals surface area contributed by atoms with Crippen molar-refractivity contribution in [1.29, 1.82) is 0 Å². The molecule has 1 saturated heterocycles. The second-order valence-corrected chi connectivity index (χ2v) is 6.94. The van der Waals surface area contributed by atoms with Crippen molar-refractivity contribution in [3.63, 3.8) is 0 Å². The number of benzene rings is 1. The maximum atomic E-state index is 12.8. The summed E-state index contributed by atoms with van der Waals surface area (Å²) < 4.78 is 1.87. The fourth-order valence-corrected chi connectivity index (χ4v) is 3.22.